The molecule has 5 aromatic rings. The van der Waals surface area contributed by atoms with Crippen molar-refractivity contribution in [3.63, 3.8) is 0 Å². The van der Waals surface area contributed by atoms with Crippen LogP contribution in [0.5, 0.6) is 0 Å². The first kappa shape index (κ1) is 30.9. The van der Waals surface area contributed by atoms with E-state index >= 15 is 0 Å². The van der Waals surface area contributed by atoms with Gasteiger partial charge in [-0.25, -0.2) is 14.6 Å². The van der Waals surface area contributed by atoms with Crippen molar-refractivity contribution in [2.75, 3.05) is 7.11 Å². The van der Waals surface area contributed by atoms with Crippen molar-refractivity contribution in [1.82, 2.24) is 14.1 Å². The van der Waals surface area contributed by atoms with Gasteiger partial charge in [0.25, 0.3) is 0 Å². The molecule has 0 aliphatic rings. The van der Waals surface area contributed by atoms with Crippen LogP contribution in [0.25, 0.3) is 34.7 Å². The highest BCUT2D eigenvalue weighted by atomic mass is 35.5. The van der Waals surface area contributed by atoms with Gasteiger partial charge in [0, 0.05) is 29.5 Å². The van der Waals surface area contributed by atoms with Gasteiger partial charge < -0.3 is 14.0 Å². The minimum Gasteiger partial charge on any atom is -0.465 e. The van der Waals surface area contributed by atoms with Gasteiger partial charge in [0.15, 0.2) is 0 Å². The molecule has 9 heteroatoms. The fourth-order valence-corrected chi connectivity index (χ4v) is 5.11. The maximum absolute atomic E-state index is 12.7. The van der Waals surface area contributed by atoms with E-state index in [1.165, 1.54) is 11.7 Å². The fourth-order valence-electron chi connectivity index (χ4n) is 4.60. The van der Waals surface area contributed by atoms with Crippen LogP contribution in [-0.4, -0.2) is 38.9 Å². The Hall–Kier alpha value is -4.59. The van der Waals surface area contributed by atoms with E-state index in [-0.39, 0.29) is 5.97 Å². The number of benzene rings is 3. The highest BCUT2D eigenvalue weighted by molar-refractivity contribution is 6.36. The largest absolute Gasteiger partial charge is 0.465 e. The second kappa shape index (κ2) is 13.0. The Morgan fingerprint density at radius 1 is 0.932 bits per heavy atom. The van der Waals surface area contributed by atoms with E-state index in [1.807, 2.05) is 98.3 Å². The van der Waals surface area contributed by atoms with Crippen molar-refractivity contribution in [3.8, 4) is 22.5 Å². The predicted octanol–water partition coefficient (Wildman–Crippen LogP) is 9.11. The molecular formula is C35H31Cl2N3O4. The molecule has 44 heavy (non-hydrogen) atoms. The highest BCUT2D eigenvalue weighted by Gasteiger charge is 2.20. The van der Waals surface area contributed by atoms with Crippen LogP contribution in [0.3, 0.4) is 0 Å². The molecule has 224 valence electrons. The van der Waals surface area contributed by atoms with E-state index < -0.39 is 11.7 Å². The number of carbonyl (C=O) groups excluding carboxylic acids is 2. The molecule has 0 atom stereocenters. The zero-order valence-corrected chi connectivity index (χ0v) is 26.3. The van der Waals surface area contributed by atoms with Crippen LogP contribution in [0.4, 0.5) is 4.79 Å². The van der Waals surface area contributed by atoms with Gasteiger partial charge in [-0.3, -0.25) is 4.57 Å². The average Bonchev–Trinajstić information content (AvgIpc) is 3.63. The maximum atomic E-state index is 12.7. The normalized spacial score (nSPS) is 11.6. The summed E-state index contributed by atoms with van der Waals surface area (Å²) < 4.78 is 13.9. The van der Waals surface area contributed by atoms with Crippen molar-refractivity contribution in [2.45, 2.75) is 32.9 Å². The molecule has 0 unspecified atom stereocenters. The SMILES string of the molecule is COC(=O)c1ccc(Cn2cc(-c3ccc(Cl)cc3Cl)nc2/C=C/c2ccc(-c3cccn3C(=O)OC(C)(C)C)cc2)cc1. The lowest BCUT2D eigenvalue weighted by atomic mass is 10.1. The predicted molar refractivity (Wildman–Crippen MR) is 175 cm³/mol. The van der Waals surface area contributed by atoms with Crippen LogP contribution in [0.1, 0.15) is 48.1 Å². The Morgan fingerprint density at radius 2 is 1.66 bits per heavy atom. The van der Waals surface area contributed by atoms with E-state index in [1.54, 1.807) is 30.5 Å². The van der Waals surface area contributed by atoms with Gasteiger partial charge >= 0.3 is 12.1 Å². The fraction of sp³-hybridized carbons (Fsp3) is 0.171. The van der Waals surface area contributed by atoms with Crippen LogP contribution >= 0.6 is 23.2 Å². The number of carbonyl (C=O) groups is 2. The molecule has 0 aliphatic carbocycles. The summed E-state index contributed by atoms with van der Waals surface area (Å²) in [4.78, 5) is 29.4. The standard InChI is InChI=1S/C35H31Cl2N3O4/c1-35(2,3)44-34(42)40-19-5-6-31(40)25-12-7-23(8-13-25)11-18-32-38-30(28-17-16-27(36)20-29(28)37)22-39(32)21-24-9-14-26(15-10-24)33(41)43-4/h5-20,22H,21H2,1-4H3/b18-11+. The lowest BCUT2D eigenvalue weighted by molar-refractivity contribution is 0.0538. The number of methoxy groups -OCH3 is 1. The number of nitrogens with zero attached hydrogens (tertiary/aromatic N) is 3. The van der Waals surface area contributed by atoms with E-state index in [2.05, 4.69) is 0 Å². The van der Waals surface area contributed by atoms with Gasteiger partial charge in [-0.05, 0) is 86.0 Å². The van der Waals surface area contributed by atoms with Crippen molar-refractivity contribution >= 4 is 47.4 Å². The molecule has 0 spiro atoms. The number of hydrogen-bond acceptors (Lipinski definition) is 5. The molecule has 0 aliphatic heterocycles. The highest BCUT2D eigenvalue weighted by Crippen LogP contribution is 2.31. The van der Waals surface area contributed by atoms with Crippen molar-refractivity contribution < 1.29 is 19.1 Å². The summed E-state index contributed by atoms with van der Waals surface area (Å²) in [5, 5.41) is 1.05. The summed E-state index contributed by atoms with van der Waals surface area (Å²) >= 11 is 12.6. The number of rotatable bonds is 7. The molecule has 0 radical (unpaired) electrons. The van der Waals surface area contributed by atoms with Crippen LogP contribution in [0.2, 0.25) is 10.0 Å². The Bertz CT molecular complexity index is 1830. The van der Waals surface area contributed by atoms with Gasteiger partial charge in [0.2, 0.25) is 0 Å². The van der Waals surface area contributed by atoms with Crippen LogP contribution < -0.4 is 0 Å². The number of ether oxygens (including phenoxy) is 2. The molecule has 0 fully saturated rings. The second-order valence-corrected chi connectivity index (χ2v) is 12.0. The molecular weight excluding hydrogens is 597 g/mol. The average molecular weight is 629 g/mol. The molecule has 0 saturated carbocycles. The zero-order chi connectivity index (χ0) is 31.4. The zero-order valence-electron chi connectivity index (χ0n) is 24.8. The number of hydrogen-bond donors (Lipinski definition) is 0. The minimum absolute atomic E-state index is 0.383. The topological polar surface area (TPSA) is 75.4 Å². The van der Waals surface area contributed by atoms with Gasteiger partial charge in [-0.2, -0.15) is 0 Å². The summed E-state index contributed by atoms with van der Waals surface area (Å²) in [6.45, 7) is 6.04. The number of esters is 1. The smallest absolute Gasteiger partial charge is 0.418 e. The van der Waals surface area contributed by atoms with Crippen molar-refractivity contribution in [3.05, 3.63) is 124 Å². The van der Waals surface area contributed by atoms with Gasteiger partial charge in [-0.1, -0.05) is 65.7 Å². The summed E-state index contributed by atoms with van der Waals surface area (Å²) in [7, 11) is 1.36. The molecule has 0 bridgehead atoms. The van der Waals surface area contributed by atoms with E-state index in [4.69, 9.17) is 37.7 Å². The molecule has 0 saturated heterocycles. The van der Waals surface area contributed by atoms with Gasteiger partial charge in [0.05, 0.1) is 29.1 Å². The quantitative estimate of drug-likeness (QED) is 0.168. The third-order valence-electron chi connectivity index (χ3n) is 6.71. The van der Waals surface area contributed by atoms with Gasteiger partial charge in [0.1, 0.15) is 11.4 Å². The minimum atomic E-state index is -0.593. The van der Waals surface area contributed by atoms with Crippen molar-refractivity contribution in [2.24, 2.45) is 0 Å². The second-order valence-electron chi connectivity index (χ2n) is 11.1. The summed E-state index contributed by atoms with van der Waals surface area (Å²) in [6, 6.07) is 24.2. The Morgan fingerprint density at radius 3 is 2.32 bits per heavy atom. The molecule has 0 amide bonds. The lowest BCUT2D eigenvalue weighted by Crippen LogP contribution is -2.27. The molecule has 7 nitrogen and oxygen atoms in total. The first-order valence-corrected chi connectivity index (χ1v) is 14.7. The Kier molecular flexibility index (Phi) is 9.09. The summed E-state index contributed by atoms with van der Waals surface area (Å²) in [5.74, 6) is 0.331. The molecule has 3 aromatic carbocycles. The molecule has 2 heterocycles. The summed E-state index contributed by atoms with van der Waals surface area (Å²) in [5.41, 5.74) is 4.92. The first-order valence-electron chi connectivity index (χ1n) is 13.9. The third-order valence-corrected chi connectivity index (χ3v) is 7.26. The molecule has 5 rings (SSSR count). The molecule has 0 N–H and O–H groups in total. The lowest BCUT2D eigenvalue weighted by Gasteiger charge is -2.20. The Labute approximate surface area is 266 Å². The van der Waals surface area contributed by atoms with Gasteiger partial charge in [-0.15, -0.1) is 0 Å². The van der Waals surface area contributed by atoms with E-state index in [0.717, 1.165) is 27.9 Å². The van der Waals surface area contributed by atoms with E-state index in [0.29, 0.717) is 33.7 Å². The number of halogens is 2. The Balaban J connectivity index is 1.42. The third kappa shape index (κ3) is 7.30. The van der Waals surface area contributed by atoms with Crippen LogP contribution in [-0.2, 0) is 16.0 Å². The number of aromatic nitrogens is 3. The first-order chi connectivity index (χ1) is 21.0. The van der Waals surface area contributed by atoms with E-state index in [9.17, 15) is 9.59 Å². The monoisotopic (exact) mass is 627 g/mol. The van der Waals surface area contributed by atoms with Crippen molar-refractivity contribution in [1.29, 1.82) is 0 Å². The van der Waals surface area contributed by atoms with Crippen LogP contribution in [0, 0.1) is 0 Å². The maximum Gasteiger partial charge on any atom is 0.418 e. The van der Waals surface area contributed by atoms with Crippen LogP contribution in [0.15, 0.2) is 91.3 Å². The number of imidazole rings is 1. The molecule has 2 aromatic heterocycles. The summed E-state index contributed by atoms with van der Waals surface area (Å²) in [6.07, 6.45) is 7.13.